The molecule has 0 amide bonds. The highest BCUT2D eigenvalue weighted by molar-refractivity contribution is 7.89. The Balaban J connectivity index is 1.73. The summed E-state index contributed by atoms with van der Waals surface area (Å²) in [7, 11) is -1.97. The molecule has 0 saturated carbocycles. The standard InChI is InChI=1S/C17H20N4O3S2/c1-12-6-7-14(11-13(12)2)26(23,24)18-8-9-21-17(22)20(3)16(19-21)15-5-4-10-25-15/h4-7,10-11,18H,8-9H2,1-3H3. The third-order valence-electron chi connectivity index (χ3n) is 4.19. The summed E-state index contributed by atoms with van der Waals surface area (Å²) in [6, 6.07) is 8.77. The highest BCUT2D eigenvalue weighted by Gasteiger charge is 2.16. The van der Waals surface area contributed by atoms with Gasteiger partial charge in [-0.3, -0.25) is 4.57 Å². The quantitative estimate of drug-likeness (QED) is 0.694. The van der Waals surface area contributed by atoms with Crippen molar-refractivity contribution in [3.05, 3.63) is 57.3 Å². The number of hydrogen-bond acceptors (Lipinski definition) is 5. The van der Waals surface area contributed by atoms with Crippen LogP contribution in [0.4, 0.5) is 0 Å². The van der Waals surface area contributed by atoms with E-state index in [1.165, 1.54) is 20.6 Å². The van der Waals surface area contributed by atoms with Crippen molar-refractivity contribution in [2.24, 2.45) is 7.05 Å². The lowest BCUT2D eigenvalue weighted by Gasteiger charge is -2.08. The smallest absolute Gasteiger partial charge is 0.277 e. The van der Waals surface area contributed by atoms with E-state index in [2.05, 4.69) is 9.82 Å². The maximum Gasteiger partial charge on any atom is 0.345 e. The number of sulfonamides is 1. The highest BCUT2D eigenvalue weighted by Crippen LogP contribution is 2.20. The predicted octanol–water partition coefficient (Wildman–Crippen LogP) is 1.91. The first-order valence-corrected chi connectivity index (χ1v) is 10.4. The van der Waals surface area contributed by atoms with Crippen LogP contribution >= 0.6 is 11.3 Å². The topological polar surface area (TPSA) is 86.0 Å². The molecule has 26 heavy (non-hydrogen) atoms. The Bertz CT molecular complexity index is 1080. The first-order chi connectivity index (χ1) is 12.3. The molecule has 0 fully saturated rings. The molecule has 0 saturated heterocycles. The molecule has 2 heterocycles. The van der Waals surface area contributed by atoms with Crippen LogP contribution < -0.4 is 10.4 Å². The van der Waals surface area contributed by atoms with Crippen molar-refractivity contribution in [3.63, 3.8) is 0 Å². The van der Waals surface area contributed by atoms with E-state index < -0.39 is 10.0 Å². The summed E-state index contributed by atoms with van der Waals surface area (Å²) < 4.78 is 30.1. The van der Waals surface area contributed by atoms with Crippen LogP contribution in [0.5, 0.6) is 0 Å². The first kappa shape index (κ1) is 18.6. The van der Waals surface area contributed by atoms with Crippen molar-refractivity contribution in [1.82, 2.24) is 19.1 Å². The number of aryl methyl sites for hydroxylation is 2. The average Bonchev–Trinajstić information content (AvgIpc) is 3.21. The van der Waals surface area contributed by atoms with Crippen molar-refractivity contribution < 1.29 is 8.42 Å². The molecule has 9 heteroatoms. The van der Waals surface area contributed by atoms with Crippen molar-refractivity contribution >= 4 is 21.4 Å². The third-order valence-corrected chi connectivity index (χ3v) is 6.51. The van der Waals surface area contributed by atoms with Gasteiger partial charge in [-0.05, 0) is 48.6 Å². The van der Waals surface area contributed by atoms with Gasteiger partial charge in [0, 0.05) is 13.6 Å². The number of thiophene rings is 1. The molecule has 0 aliphatic heterocycles. The number of benzene rings is 1. The van der Waals surface area contributed by atoms with Crippen LogP contribution in [0.1, 0.15) is 11.1 Å². The first-order valence-electron chi connectivity index (χ1n) is 8.04. The van der Waals surface area contributed by atoms with Crippen molar-refractivity contribution in [2.75, 3.05) is 6.54 Å². The van der Waals surface area contributed by atoms with Gasteiger partial charge in [0.15, 0.2) is 5.82 Å². The Labute approximate surface area is 156 Å². The van der Waals surface area contributed by atoms with Gasteiger partial charge in [0.25, 0.3) is 0 Å². The second-order valence-electron chi connectivity index (χ2n) is 6.01. The van der Waals surface area contributed by atoms with Crippen molar-refractivity contribution in [2.45, 2.75) is 25.3 Å². The summed E-state index contributed by atoms with van der Waals surface area (Å²) in [5, 5.41) is 6.23. The maximum atomic E-state index is 12.4. The number of hydrogen-bond donors (Lipinski definition) is 1. The fraction of sp³-hybridized carbons (Fsp3) is 0.294. The summed E-state index contributed by atoms with van der Waals surface area (Å²) in [6.45, 7) is 4.03. The summed E-state index contributed by atoms with van der Waals surface area (Å²) in [5.41, 5.74) is 1.67. The molecule has 7 nitrogen and oxygen atoms in total. The third kappa shape index (κ3) is 3.64. The van der Waals surface area contributed by atoms with Crippen molar-refractivity contribution in [3.8, 4) is 10.7 Å². The average molecular weight is 393 g/mol. The molecule has 1 N–H and O–H groups in total. The minimum Gasteiger partial charge on any atom is -0.277 e. The minimum absolute atomic E-state index is 0.0794. The minimum atomic E-state index is -3.63. The molecule has 3 aromatic rings. The highest BCUT2D eigenvalue weighted by atomic mass is 32.2. The molecule has 0 aliphatic carbocycles. The molecule has 0 spiro atoms. The normalized spacial score (nSPS) is 11.8. The molecule has 0 unspecified atom stereocenters. The molecule has 0 atom stereocenters. The van der Waals surface area contributed by atoms with Gasteiger partial charge in [0.05, 0.1) is 16.3 Å². The SMILES string of the molecule is Cc1ccc(S(=O)(=O)NCCn2nc(-c3cccs3)n(C)c2=O)cc1C. The number of rotatable bonds is 6. The van der Waals surface area contributed by atoms with Crippen LogP contribution in [0, 0.1) is 13.8 Å². The Morgan fingerprint density at radius 1 is 1.19 bits per heavy atom. The van der Waals surface area contributed by atoms with Crippen LogP contribution in [0.2, 0.25) is 0 Å². The zero-order valence-electron chi connectivity index (χ0n) is 14.8. The lowest BCUT2D eigenvalue weighted by Crippen LogP contribution is -2.31. The van der Waals surface area contributed by atoms with Gasteiger partial charge in [0.2, 0.25) is 10.0 Å². The van der Waals surface area contributed by atoms with Gasteiger partial charge in [-0.2, -0.15) is 0 Å². The number of aromatic nitrogens is 3. The lowest BCUT2D eigenvalue weighted by molar-refractivity contribution is 0.551. The van der Waals surface area contributed by atoms with Crippen LogP contribution in [0.15, 0.2) is 45.4 Å². The molecule has 0 aliphatic rings. The second-order valence-corrected chi connectivity index (χ2v) is 8.72. The molecule has 0 radical (unpaired) electrons. The fourth-order valence-corrected chi connectivity index (χ4v) is 4.35. The van der Waals surface area contributed by atoms with Crippen LogP contribution in [0.3, 0.4) is 0 Å². The van der Waals surface area contributed by atoms with Gasteiger partial charge in [0.1, 0.15) is 0 Å². The van der Waals surface area contributed by atoms with E-state index in [4.69, 9.17) is 0 Å². The van der Waals surface area contributed by atoms with Crippen LogP contribution in [-0.4, -0.2) is 29.3 Å². The van der Waals surface area contributed by atoms with E-state index in [1.807, 2.05) is 31.4 Å². The van der Waals surface area contributed by atoms with E-state index in [0.717, 1.165) is 16.0 Å². The number of nitrogens with zero attached hydrogens (tertiary/aromatic N) is 3. The van der Waals surface area contributed by atoms with E-state index in [0.29, 0.717) is 5.82 Å². The van der Waals surface area contributed by atoms with Gasteiger partial charge < -0.3 is 0 Å². The zero-order valence-corrected chi connectivity index (χ0v) is 16.4. The molecule has 2 aromatic heterocycles. The fourth-order valence-electron chi connectivity index (χ4n) is 2.50. The predicted molar refractivity (Wildman–Crippen MR) is 102 cm³/mol. The van der Waals surface area contributed by atoms with Crippen molar-refractivity contribution in [1.29, 1.82) is 0 Å². The van der Waals surface area contributed by atoms with Gasteiger partial charge in [-0.25, -0.2) is 22.6 Å². The summed E-state index contributed by atoms with van der Waals surface area (Å²) in [4.78, 5) is 13.4. The molecular weight excluding hydrogens is 372 g/mol. The van der Waals surface area contributed by atoms with Gasteiger partial charge in [-0.1, -0.05) is 12.1 Å². The van der Waals surface area contributed by atoms with Gasteiger partial charge >= 0.3 is 5.69 Å². The Morgan fingerprint density at radius 3 is 2.62 bits per heavy atom. The molecule has 0 bridgehead atoms. The molecule has 3 rings (SSSR count). The molecule has 1 aromatic carbocycles. The van der Waals surface area contributed by atoms with Gasteiger partial charge in [-0.15, -0.1) is 16.4 Å². The monoisotopic (exact) mass is 392 g/mol. The molecular formula is C17H20N4O3S2. The largest absolute Gasteiger partial charge is 0.345 e. The van der Waals surface area contributed by atoms with E-state index in [-0.39, 0.29) is 23.7 Å². The number of nitrogens with one attached hydrogen (secondary N) is 1. The summed E-state index contributed by atoms with van der Waals surface area (Å²) in [6.07, 6.45) is 0. The Hall–Kier alpha value is -2.23. The Kier molecular flexibility index (Phi) is 5.12. The lowest BCUT2D eigenvalue weighted by atomic mass is 10.1. The van der Waals surface area contributed by atoms with E-state index >= 15 is 0 Å². The maximum absolute atomic E-state index is 12.4. The second kappa shape index (κ2) is 7.18. The van der Waals surface area contributed by atoms with Crippen LogP contribution in [0.25, 0.3) is 10.7 Å². The molecule has 138 valence electrons. The van der Waals surface area contributed by atoms with E-state index in [9.17, 15) is 13.2 Å². The summed E-state index contributed by atoms with van der Waals surface area (Å²) >= 11 is 1.49. The summed E-state index contributed by atoms with van der Waals surface area (Å²) in [5.74, 6) is 0.571. The zero-order chi connectivity index (χ0) is 18.9. The Morgan fingerprint density at radius 2 is 1.96 bits per heavy atom. The van der Waals surface area contributed by atoms with E-state index in [1.54, 1.807) is 25.2 Å². The van der Waals surface area contributed by atoms with Crippen LogP contribution in [-0.2, 0) is 23.6 Å².